The number of carbonyl (C=O) groups is 1. The Bertz CT molecular complexity index is 228. The monoisotopic (exact) mass is 213 g/mol. The lowest BCUT2D eigenvalue weighted by molar-refractivity contribution is -0.123. The number of hydrogen-bond acceptors (Lipinski definition) is 3. The smallest absolute Gasteiger partial charge is 0.225 e. The highest BCUT2D eigenvalue weighted by Crippen LogP contribution is 2.28. The molecule has 0 aromatic heterocycles. The van der Waals surface area contributed by atoms with E-state index < -0.39 is 0 Å². The maximum absolute atomic E-state index is 11.7. The SMILES string of the molecule is CC(C)C(CN(C)C)NC(=O)C1CC1N. The molecule has 15 heavy (non-hydrogen) atoms. The predicted molar refractivity (Wildman–Crippen MR) is 61.4 cm³/mol. The lowest BCUT2D eigenvalue weighted by atomic mass is 10.0. The molecular weight excluding hydrogens is 190 g/mol. The molecule has 1 fully saturated rings. The summed E-state index contributed by atoms with van der Waals surface area (Å²) in [6.07, 6.45) is 0.846. The fraction of sp³-hybridized carbons (Fsp3) is 0.909. The quantitative estimate of drug-likeness (QED) is 0.678. The highest BCUT2D eigenvalue weighted by atomic mass is 16.2. The van der Waals surface area contributed by atoms with Gasteiger partial charge in [0.25, 0.3) is 0 Å². The van der Waals surface area contributed by atoms with Gasteiger partial charge in [-0.1, -0.05) is 13.8 Å². The van der Waals surface area contributed by atoms with Crippen LogP contribution in [-0.4, -0.2) is 43.5 Å². The molecule has 0 radical (unpaired) electrons. The fourth-order valence-corrected chi connectivity index (χ4v) is 1.62. The molecule has 0 aromatic carbocycles. The van der Waals surface area contributed by atoms with E-state index in [1.54, 1.807) is 0 Å². The van der Waals surface area contributed by atoms with Crippen LogP contribution in [0.25, 0.3) is 0 Å². The summed E-state index contributed by atoms with van der Waals surface area (Å²) >= 11 is 0. The Balaban J connectivity index is 2.40. The zero-order chi connectivity index (χ0) is 11.6. The van der Waals surface area contributed by atoms with E-state index in [0.717, 1.165) is 13.0 Å². The summed E-state index contributed by atoms with van der Waals surface area (Å²) in [5.41, 5.74) is 5.65. The number of carbonyl (C=O) groups excluding carboxylic acids is 1. The molecule has 1 rings (SSSR count). The largest absolute Gasteiger partial charge is 0.352 e. The van der Waals surface area contributed by atoms with E-state index in [0.29, 0.717) is 5.92 Å². The Labute approximate surface area is 92.2 Å². The zero-order valence-electron chi connectivity index (χ0n) is 10.2. The predicted octanol–water partition coefficient (Wildman–Crippen LogP) is 0.0360. The maximum atomic E-state index is 11.7. The minimum atomic E-state index is 0.0633. The molecule has 88 valence electrons. The number of likely N-dealkylation sites (N-methyl/N-ethyl adjacent to an activating group) is 1. The molecule has 0 aliphatic heterocycles. The number of amides is 1. The third-order valence-corrected chi connectivity index (χ3v) is 2.87. The molecule has 0 spiro atoms. The van der Waals surface area contributed by atoms with Crippen LogP contribution < -0.4 is 11.1 Å². The second kappa shape index (κ2) is 4.94. The van der Waals surface area contributed by atoms with Crippen LogP contribution in [0.5, 0.6) is 0 Å². The van der Waals surface area contributed by atoms with Crippen LogP contribution in [0, 0.1) is 11.8 Å². The fourth-order valence-electron chi connectivity index (χ4n) is 1.62. The van der Waals surface area contributed by atoms with Gasteiger partial charge in [0, 0.05) is 18.6 Å². The Morgan fingerprint density at radius 3 is 2.40 bits per heavy atom. The van der Waals surface area contributed by atoms with Crippen LogP contribution in [0.15, 0.2) is 0 Å². The average Bonchev–Trinajstić information content (AvgIpc) is 2.80. The lowest BCUT2D eigenvalue weighted by Gasteiger charge is -2.25. The first-order chi connectivity index (χ1) is 6.91. The zero-order valence-corrected chi connectivity index (χ0v) is 10.2. The molecule has 0 bridgehead atoms. The first-order valence-electron chi connectivity index (χ1n) is 5.62. The maximum Gasteiger partial charge on any atom is 0.225 e. The highest BCUT2D eigenvalue weighted by Gasteiger charge is 2.40. The van der Waals surface area contributed by atoms with E-state index >= 15 is 0 Å². The van der Waals surface area contributed by atoms with Gasteiger partial charge in [-0.05, 0) is 26.4 Å². The Hall–Kier alpha value is -0.610. The number of rotatable bonds is 5. The molecule has 4 nitrogen and oxygen atoms in total. The standard InChI is InChI=1S/C11H23N3O/c1-7(2)10(6-14(3)4)13-11(15)8-5-9(8)12/h7-10H,5-6,12H2,1-4H3,(H,13,15). The van der Waals surface area contributed by atoms with E-state index in [9.17, 15) is 4.79 Å². The van der Waals surface area contributed by atoms with Gasteiger partial charge in [-0.15, -0.1) is 0 Å². The molecule has 1 aliphatic rings. The van der Waals surface area contributed by atoms with Crippen LogP contribution in [0.4, 0.5) is 0 Å². The van der Waals surface area contributed by atoms with E-state index in [-0.39, 0.29) is 23.9 Å². The second-order valence-electron chi connectivity index (χ2n) is 5.13. The topological polar surface area (TPSA) is 58.4 Å². The number of nitrogens with one attached hydrogen (secondary N) is 1. The highest BCUT2D eigenvalue weighted by molar-refractivity contribution is 5.82. The number of hydrogen-bond donors (Lipinski definition) is 2. The molecule has 4 heteroatoms. The molecule has 3 unspecified atom stereocenters. The minimum absolute atomic E-state index is 0.0633. The van der Waals surface area contributed by atoms with Crippen molar-refractivity contribution >= 4 is 5.91 Å². The van der Waals surface area contributed by atoms with Crippen molar-refractivity contribution in [2.45, 2.75) is 32.4 Å². The molecule has 1 aliphatic carbocycles. The summed E-state index contributed by atoms with van der Waals surface area (Å²) in [4.78, 5) is 13.8. The Morgan fingerprint density at radius 2 is 2.07 bits per heavy atom. The first kappa shape index (κ1) is 12.5. The van der Waals surface area contributed by atoms with Crippen molar-refractivity contribution in [3.05, 3.63) is 0 Å². The van der Waals surface area contributed by atoms with Gasteiger partial charge in [-0.2, -0.15) is 0 Å². The van der Waals surface area contributed by atoms with Crippen molar-refractivity contribution in [3.8, 4) is 0 Å². The van der Waals surface area contributed by atoms with Gasteiger partial charge in [0.05, 0.1) is 5.92 Å². The summed E-state index contributed by atoms with van der Waals surface area (Å²) in [7, 11) is 4.04. The Morgan fingerprint density at radius 1 is 1.53 bits per heavy atom. The van der Waals surface area contributed by atoms with Crippen LogP contribution in [-0.2, 0) is 4.79 Å². The summed E-state index contributed by atoms with van der Waals surface area (Å²) < 4.78 is 0. The minimum Gasteiger partial charge on any atom is -0.352 e. The second-order valence-corrected chi connectivity index (χ2v) is 5.13. The van der Waals surface area contributed by atoms with Crippen molar-refractivity contribution in [1.82, 2.24) is 10.2 Å². The van der Waals surface area contributed by atoms with Gasteiger partial charge in [0.15, 0.2) is 0 Å². The molecule has 1 amide bonds. The van der Waals surface area contributed by atoms with Crippen LogP contribution >= 0.6 is 0 Å². The average molecular weight is 213 g/mol. The van der Waals surface area contributed by atoms with Crippen LogP contribution in [0.2, 0.25) is 0 Å². The van der Waals surface area contributed by atoms with Crippen LogP contribution in [0.3, 0.4) is 0 Å². The van der Waals surface area contributed by atoms with Crippen molar-refractivity contribution < 1.29 is 4.79 Å². The molecule has 1 saturated carbocycles. The van der Waals surface area contributed by atoms with Gasteiger partial charge in [0.1, 0.15) is 0 Å². The van der Waals surface area contributed by atoms with Gasteiger partial charge in [-0.3, -0.25) is 4.79 Å². The lowest BCUT2D eigenvalue weighted by Crippen LogP contribution is -2.46. The summed E-state index contributed by atoms with van der Waals surface area (Å²) in [5.74, 6) is 0.641. The molecule has 0 aromatic rings. The summed E-state index contributed by atoms with van der Waals surface area (Å²) in [6, 6.07) is 0.317. The number of nitrogens with two attached hydrogens (primary N) is 1. The van der Waals surface area contributed by atoms with Crippen molar-refractivity contribution in [2.75, 3.05) is 20.6 Å². The van der Waals surface area contributed by atoms with Gasteiger partial charge in [0.2, 0.25) is 5.91 Å². The number of nitrogens with zero attached hydrogens (tertiary/aromatic N) is 1. The van der Waals surface area contributed by atoms with Gasteiger partial charge in [-0.25, -0.2) is 0 Å². The molecule has 3 N–H and O–H groups in total. The normalized spacial score (nSPS) is 26.9. The van der Waals surface area contributed by atoms with E-state index in [2.05, 4.69) is 24.1 Å². The molecule has 3 atom stereocenters. The molecule has 0 heterocycles. The molecular formula is C11H23N3O. The molecule has 0 saturated heterocycles. The van der Waals surface area contributed by atoms with Crippen molar-refractivity contribution in [3.63, 3.8) is 0 Å². The van der Waals surface area contributed by atoms with Crippen molar-refractivity contribution in [2.24, 2.45) is 17.6 Å². The van der Waals surface area contributed by atoms with Crippen LogP contribution in [0.1, 0.15) is 20.3 Å². The van der Waals surface area contributed by atoms with Crippen molar-refractivity contribution in [1.29, 1.82) is 0 Å². The van der Waals surface area contributed by atoms with Gasteiger partial charge < -0.3 is 16.0 Å². The van der Waals surface area contributed by atoms with E-state index in [1.807, 2.05) is 14.1 Å². The summed E-state index contributed by atoms with van der Waals surface area (Å²) in [6.45, 7) is 5.13. The Kier molecular flexibility index (Phi) is 4.11. The third kappa shape index (κ3) is 3.80. The third-order valence-electron chi connectivity index (χ3n) is 2.87. The van der Waals surface area contributed by atoms with E-state index in [1.165, 1.54) is 0 Å². The summed E-state index contributed by atoms with van der Waals surface area (Å²) in [5, 5.41) is 3.08. The first-order valence-corrected chi connectivity index (χ1v) is 5.62. The van der Waals surface area contributed by atoms with Gasteiger partial charge >= 0.3 is 0 Å². The van der Waals surface area contributed by atoms with E-state index in [4.69, 9.17) is 5.73 Å².